The predicted octanol–water partition coefficient (Wildman–Crippen LogP) is 2.11. The van der Waals surface area contributed by atoms with Gasteiger partial charge in [-0.3, -0.25) is 4.99 Å². The van der Waals surface area contributed by atoms with Crippen molar-refractivity contribution in [2.24, 2.45) is 4.99 Å². The smallest absolute Gasteiger partial charge is 0.157 e. The molecule has 2 rings (SSSR count). The van der Waals surface area contributed by atoms with Crippen molar-refractivity contribution in [1.29, 1.82) is 0 Å². The number of rotatable bonds is 2. The van der Waals surface area contributed by atoms with E-state index in [1.165, 1.54) is 0 Å². The zero-order valence-electron chi connectivity index (χ0n) is 8.28. The lowest BCUT2D eigenvalue weighted by Gasteiger charge is -2.15. The summed E-state index contributed by atoms with van der Waals surface area (Å²) in [6.45, 7) is 5.06. The molecule has 1 aliphatic heterocycles. The Morgan fingerprint density at radius 2 is 2.50 bits per heavy atom. The topological polar surface area (TPSA) is 37.3 Å². The van der Waals surface area contributed by atoms with Crippen LogP contribution in [0.25, 0.3) is 0 Å². The minimum atomic E-state index is 0.186. The number of nitrogens with zero attached hydrogens (tertiary/aromatic N) is 2. The van der Waals surface area contributed by atoms with Crippen molar-refractivity contribution in [2.75, 3.05) is 5.75 Å². The summed E-state index contributed by atoms with van der Waals surface area (Å²) in [5.41, 5.74) is 3.08. The highest BCUT2D eigenvalue weighted by molar-refractivity contribution is 8.14. The van der Waals surface area contributed by atoms with Gasteiger partial charge in [0.25, 0.3) is 0 Å². The molecule has 1 aromatic rings. The maximum absolute atomic E-state index is 4.47. The number of hydrogen-bond acceptors (Lipinski definition) is 4. The minimum Gasteiger partial charge on any atom is -0.359 e. The molecule has 0 aliphatic carbocycles. The molecule has 1 saturated heterocycles. The maximum Gasteiger partial charge on any atom is 0.157 e. The molecule has 2 heterocycles. The van der Waals surface area contributed by atoms with Gasteiger partial charge in [-0.1, -0.05) is 11.8 Å². The molecule has 1 fully saturated rings. The zero-order chi connectivity index (χ0) is 10.0. The molecule has 76 valence electrons. The van der Waals surface area contributed by atoms with Crippen LogP contribution in [0, 0.1) is 0 Å². The summed E-state index contributed by atoms with van der Waals surface area (Å²) >= 11 is 3.40. The minimum absolute atomic E-state index is 0.186. The molecule has 1 N–H and O–H groups in total. The number of hydrogen-bond donors (Lipinski definition) is 1. The number of thioether (sulfide) groups is 1. The monoisotopic (exact) mass is 227 g/mol. The van der Waals surface area contributed by atoms with Crippen molar-refractivity contribution < 1.29 is 0 Å². The van der Waals surface area contributed by atoms with Crippen LogP contribution in [-0.4, -0.2) is 21.4 Å². The fourth-order valence-corrected chi connectivity index (χ4v) is 2.79. The Morgan fingerprint density at radius 3 is 3.07 bits per heavy atom. The van der Waals surface area contributed by atoms with Gasteiger partial charge in [0, 0.05) is 16.7 Å². The van der Waals surface area contributed by atoms with Gasteiger partial charge in [-0.15, -0.1) is 11.3 Å². The summed E-state index contributed by atoms with van der Waals surface area (Å²) in [4.78, 5) is 8.66. The van der Waals surface area contributed by atoms with Crippen LogP contribution in [0.5, 0.6) is 0 Å². The Labute approximate surface area is 92.0 Å². The van der Waals surface area contributed by atoms with Gasteiger partial charge in [0.05, 0.1) is 17.7 Å². The van der Waals surface area contributed by atoms with Crippen LogP contribution in [0.2, 0.25) is 0 Å². The number of thiazole rings is 1. The SMILES string of the molecule is CC1(C)CSC(=NCc2cscn2)N1. The molecule has 0 bridgehead atoms. The van der Waals surface area contributed by atoms with Gasteiger partial charge < -0.3 is 5.32 Å². The Kier molecular flexibility index (Phi) is 2.78. The van der Waals surface area contributed by atoms with Gasteiger partial charge in [-0.25, -0.2) is 4.98 Å². The summed E-state index contributed by atoms with van der Waals surface area (Å²) in [6.07, 6.45) is 0. The molecule has 1 aromatic heterocycles. The van der Waals surface area contributed by atoms with Gasteiger partial charge in [-0.2, -0.15) is 0 Å². The van der Waals surface area contributed by atoms with Crippen molar-refractivity contribution in [1.82, 2.24) is 10.3 Å². The Balaban J connectivity index is 1.94. The van der Waals surface area contributed by atoms with Crippen molar-refractivity contribution in [3.63, 3.8) is 0 Å². The van der Waals surface area contributed by atoms with Crippen LogP contribution < -0.4 is 5.32 Å². The van der Waals surface area contributed by atoms with Gasteiger partial charge in [-0.05, 0) is 13.8 Å². The van der Waals surface area contributed by atoms with Crippen LogP contribution in [0.4, 0.5) is 0 Å². The largest absolute Gasteiger partial charge is 0.359 e. The van der Waals surface area contributed by atoms with Gasteiger partial charge in [0.2, 0.25) is 0 Å². The quantitative estimate of drug-likeness (QED) is 0.841. The molecule has 0 spiro atoms. The third-order valence-corrected chi connectivity index (χ3v) is 3.89. The number of nitrogens with one attached hydrogen (secondary N) is 1. The molecular formula is C9H13N3S2. The van der Waals surface area contributed by atoms with E-state index in [1.807, 2.05) is 10.9 Å². The van der Waals surface area contributed by atoms with E-state index in [-0.39, 0.29) is 5.54 Å². The molecule has 5 heteroatoms. The fourth-order valence-electron chi connectivity index (χ4n) is 1.16. The second kappa shape index (κ2) is 3.90. The van der Waals surface area contributed by atoms with E-state index in [4.69, 9.17) is 0 Å². The van der Waals surface area contributed by atoms with E-state index in [0.717, 1.165) is 16.6 Å². The van der Waals surface area contributed by atoms with Crippen LogP contribution in [0.1, 0.15) is 19.5 Å². The van der Waals surface area contributed by atoms with Crippen LogP contribution in [0.3, 0.4) is 0 Å². The summed E-state index contributed by atoms with van der Waals surface area (Å²) in [5, 5.41) is 6.46. The van der Waals surface area contributed by atoms with E-state index < -0.39 is 0 Å². The van der Waals surface area contributed by atoms with E-state index in [2.05, 4.69) is 29.1 Å². The summed E-state index contributed by atoms with van der Waals surface area (Å²) in [5.74, 6) is 1.09. The molecule has 3 nitrogen and oxygen atoms in total. The third kappa shape index (κ3) is 2.48. The molecule has 1 aliphatic rings. The summed E-state index contributed by atoms with van der Waals surface area (Å²) in [6, 6.07) is 0. The Hall–Kier alpha value is -0.550. The number of aromatic nitrogens is 1. The fraction of sp³-hybridized carbons (Fsp3) is 0.556. The predicted molar refractivity (Wildman–Crippen MR) is 62.9 cm³/mol. The first-order valence-corrected chi connectivity index (χ1v) is 6.41. The van der Waals surface area contributed by atoms with E-state index in [9.17, 15) is 0 Å². The average molecular weight is 227 g/mol. The van der Waals surface area contributed by atoms with E-state index in [1.54, 1.807) is 23.1 Å². The van der Waals surface area contributed by atoms with Crippen molar-refractivity contribution >= 4 is 28.3 Å². The number of aliphatic imine (C=N–C) groups is 1. The number of amidine groups is 1. The third-order valence-electron chi connectivity index (χ3n) is 1.88. The molecule has 0 radical (unpaired) electrons. The van der Waals surface area contributed by atoms with Gasteiger partial charge >= 0.3 is 0 Å². The van der Waals surface area contributed by atoms with Crippen LogP contribution in [0.15, 0.2) is 15.9 Å². The molecule has 0 amide bonds. The van der Waals surface area contributed by atoms with Crippen molar-refractivity contribution in [3.8, 4) is 0 Å². The van der Waals surface area contributed by atoms with E-state index in [0.29, 0.717) is 6.54 Å². The lowest BCUT2D eigenvalue weighted by Crippen LogP contribution is -2.36. The maximum atomic E-state index is 4.47. The lowest BCUT2D eigenvalue weighted by molar-refractivity contribution is 0.536. The lowest BCUT2D eigenvalue weighted by atomic mass is 10.1. The first kappa shape index (κ1) is 9.98. The first-order valence-electron chi connectivity index (χ1n) is 4.48. The molecule has 0 saturated carbocycles. The van der Waals surface area contributed by atoms with E-state index >= 15 is 0 Å². The molecule has 0 aromatic carbocycles. The zero-order valence-corrected chi connectivity index (χ0v) is 9.91. The summed E-state index contributed by atoms with van der Waals surface area (Å²) in [7, 11) is 0. The standard InChI is InChI=1S/C9H13N3S2/c1-9(2)5-14-8(12-9)10-3-7-4-13-6-11-7/h4,6H,3,5H2,1-2H3,(H,10,12). The highest BCUT2D eigenvalue weighted by atomic mass is 32.2. The average Bonchev–Trinajstić information content (AvgIpc) is 2.70. The normalized spacial score (nSPS) is 22.6. The highest BCUT2D eigenvalue weighted by Gasteiger charge is 2.26. The molecular weight excluding hydrogens is 214 g/mol. The van der Waals surface area contributed by atoms with Gasteiger partial charge in [0.15, 0.2) is 5.17 Å². The summed E-state index contributed by atoms with van der Waals surface area (Å²) < 4.78 is 0. The van der Waals surface area contributed by atoms with Crippen molar-refractivity contribution in [2.45, 2.75) is 25.9 Å². The highest BCUT2D eigenvalue weighted by Crippen LogP contribution is 2.22. The molecule has 0 atom stereocenters. The molecule has 0 unspecified atom stereocenters. The van der Waals surface area contributed by atoms with Gasteiger partial charge in [0.1, 0.15) is 0 Å². The molecule has 14 heavy (non-hydrogen) atoms. The first-order chi connectivity index (χ1) is 6.66. The Morgan fingerprint density at radius 1 is 1.64 bits per heavy atom. The Bertz CT molecular complexity index is 330. The second-order valence-electron chi connectivity index (χ2n) is 3.90. The van der Waals surface area contributed by atoms with Crippen molar-refractivity contribution in [3.05, 3.63) is 16.6 Å². The van der Waals surface area contributed by atoms with Crippen LogP contribution >= 0.6 is 23.1 Å². The van der Waals surface area contributed by atoms with Crippen LogP contribution in [-0.2, 0) is 6.54 Å². The second-order valence-corrected chi connectivity index (χ2v) is 5.58.